The van der Waals surface area contributed by atoms with Crippen LogP contribution in [0.25, 0.3) is 10.9 Å². The van der Waals surface area contributed by atoms with Crippen molar-refractivity contribution in [1.29, 1.82) is 0 Å². The summed E-state index contributed by atoms with van der Waals surface area (Å²) in [6.07, 6.45) is 5.33. The maximum atomic E-state index is 11.9. The van der Waals surface area contributed by atoms with Gasteiger partial charge >= 0.3 is 0 Å². The summed E-state index contributed by atoms with van der Waals surface area (Å²) in [7, 11) is 3.46. The topological polar surface area (TPSA) is 85.7 Å². The molecule has 3 N–H and O–H groups in total. The second kappa shape index (κ2) is 11.6. The van der Waals surface area contributed by atoms with Crippen LogP contribution in [0.1, 0.15) is 16.9 Å². The highest BCUT2D eigenvalue weighted by Gasteiger charge is 2.08. The first-order valence-electron chi connectivity index (χ1n) is 9.85. The third kappa shape index (κ3) is 6.51. The first-order valence-corrected chi connectivity index (χ1v) is 9.85. The number of furan rings is 1. The standard InChI is InChI=1S/C22H29N5O2.HI/c1-16-6-4-8-19-21(16)17(14-25-19)9-11-23-22(26-15-20(28)27(2)3)24-12-10-18-7-5-13-29-18;/h4-8,13-14,25H,9-12,15H2,1-3H3,(H2,23,24,26);1H. The monoisotopic (exact) mass is 523 g/mol. The van der Waals surface area contributed by atoms with E-state index in [-0.39, 0.29) is 36.4 Å². The molecule has 162 valence electrons. The third-order valence-corrected chi connectivity index (χ3v) is 4.80. The largest absolute Gasteiger partial charge is 0.469 e. The number of carbonyl (C=O) groups is 1. The van der Waals surface area contributed by atoms with Gasteiger partial charge in [0, 0.05) is 50.7 Å². The molecule has 0 aliphatic heterocycles. The highest BCUT2D eigenvalue weighted by atomic mass is 127. The van der Waals surface area contributed by atoms with Gasteiger partial charge in [0.1, 0.15) is 12.3 Å². The Bertz CT molecular complexity index is 963. The molecule has 30 heavy (non-hydrogen) atoms. The molecule has 0 saturated carbocycles. The fourth-order valence-corrected chi connectivity index (χ4v) is 3.19. The molecule has 3 rings (SSSR count). The molecule has 2 heterocycles. The Morgan fingerprint density at radius 1 is 1.13 bits per heavy atom. The van der Waals surface area contributed by atoms with E-state index >= 15 is 0 Å². The van der Waals surface area contributed by atoms with Crippen molar-refractivity contribution in [1.82, 2.24) is 20.5 Å². The average molecular weight is 523 g/mol. The van der Waals surface area contributed by atoms with Crippen molar-refractivity contribution >= 4 is 46.7 Å². The molecule has 0 spiro atoms. The number of fused-ring (bicyclic) bond motifs is 1. The molecule has 0 unspecified atom stereocenters. The molecule has 0 radical (unpaired) electrons. The number of likely N-dealkylation sites (N-methyl/N-ethyl adjacent to an activating group) is 1. The number of aromatic amines is 1. The van der Waals surface area contributed by atoms with Crippen molar-refractivity contribution in [3.63, 3.8) is 0 Å². The van der Waals surface area contributed by atoms with Gasteiger partial charge in [-0.25, -0.2) is 4.99 Å². The molecule has 0 saturated heterocycles. The zero-order valence-electron chi connectivity index (χ0n) is 17.7. The normalized spacial score (nSPS) is 11.2. The second-order valence-corrected chi connectivity index (χ2v) is 7.20. The predicted octanol–water partition coefficient (Wildman–Crippen LogP) is 3.10. The number of aryl methyl sites for hydroxylation is 1. The minimum absolute atomic E-state index is 0. The second-order valence-electron chi connectivity index (χ2n) is 7.20. The van der Waals surface area contributed by atoms with Crippen LogP contribution in [-0.4, -0.2) is 55.5 Å². The smallest absolute Gasteiger partial charge is 0.243 e. The fraction of sp³-hybridized carbons (Fsp3) is 0.364. The lowest BCUT2D eigenvalue weighted by molar-refractivity contribution is -0.127. The highest BCUT2D eigenvalue weighted by Crippen LogP contribution is 2.22. The number of amides is 1. The first kappa shape index (κ1) is 23.8. The molecule has 3 aromatic rings. The van der Waals surface area contributed by atoms with Crippen LogP contribution >= 0.6 is 24.0 Å². The molecule has 2 aromatic heterocycles. The number of nitrogens with one attached hydrogen (secondary N) is 3. The predicted molar refractivity (Wildman–Crippen MR) is 132 cm³/mol. The maximum Gasteiger partial charge on any atom is 0.243 e. The lowest BCUT2D eigenvalue weighted by atomic mass is 10.1. The van der Waals surface area contributed by atoms with Gasteiger partial charge in [0.15, 0.2) is 5.96 Å². The van der Waals surface area contributed by atoms with Crippen LogP contribution in [0.3, 0.4) is 0 Å². The third-order valence-electron chi connectivity index (χ3n) is 4.80. The number of aliphatic imine (C=N–C) groups is 1. The molecule has 0 atom stereocenters. The molecular weight excluding hydrogens is 493 g/mol. The summed E-state index contributed by atoms with van der Waals surface area (Å²) in [5, 5.41) is 7.90. The van der Waals surface area contributed by atoms with E-state index in [1.165, 1.54) is 16.5 Å². The number of halogens is 1. The van der Waals surface area contributed by atoms with Crippen molar-refractivity contribution in [3.8, 4) is 0 Å². The lowest BCUT2D eigenvalue weighted by Crippen LogP contribution is -2.40. The number of nitrogens with zero attached hydrogens (tertiary/aromatic N) is 2. The Labute approximate surface area is 194 Å². The average Bonchev–Trinajstić information content (AvgIpc) is 3.36. The lowest BCUT2D eigenvalue weighted by Gasteiger charge is -2.13. The van der Waals surface area contributed by atoms with Crippen LogP contribution in [0.15, 0.2) is 52.2 Å². The number of aromatic nitrogens is 1. The van der Waals surface area contributed by atoms with Gasteiger partial charge in [0.2, 0.25) is 5.91 Å². The number of hydrogen-bond acceptors (Lipinski definition) is 3. The minimum Gasteiger partial charge on any atom is -0.469 e. The van der Waals surface area contributed by atoms with Gasteiger partial charge in [-0.15, -0.1) is 24.0 Å². The molecule has 1 amide bonds. The Hall–Kier alpha value is -2.49. The summed E-state index contributed by atoms with van der Waals surface area (Å²) in [6.45, 7) is 3.62. The van der Waals surface area contributed by atoms with E-state index in [4.69, 9.17) is 4.42 Å². The highest BCUT2D eigenvalue weighted by molar-refractivity contribution is 14.0. The van der Waals surface area contributed by atoms with Crippen molar-refractivity contribution in [2.75, 3.05) is 33.7 Å². The van der Waals surface area contributed by atoms with Crippen LogP contribution < -0.4 is 10.6 Å². The Kier molecular flexibility index (Phi) is 9.22. The van der Waals surface area contributed by atoms with Crippen molar-refractivity contribution in [3.05, 3.63) is 59.7 Å². The molecule has 0 aliphatic rings. The summed E-state index contributed by atoms with van der Waals surface area (Å²) in [5.41, 5.74) is 3.69. The number of benzene rings is 1. The van der Waals surface area contributed by atoms with E-state index in [2.05, 4.69) is 51.9 Å². The molecular formula is C22H30IN5O2. The Morgan fingerprint density at radius 2 is 1.90 bits per heavy atom. The summed E-state index contributed by atoms with van der Waals surface area (Å²) in [4.78, 5) is 21.2. The zero-order chi connectivity index (χ0) is 20.6. The van der Waals surface area contributed by atoms with E-state index in [1.54, 1.807) is 25.3 Å². The molecule has 0 bridgehead atoms. The zero-order valence-corrected chi connectivity index (χ0v) is 20.0. The number of H-pyrrole nitrogens is 1. The quantitative estimate of drug-likeness (QED) is 0.241. The number of rotatable bonds is 8. The van der Waals surface area contributed by atoms with Crippen LogP contribution in [0, 0.1) is 6.92 Å². The number of guanidine groups is 1. The Balaban J connectivity index is 0.00000320. The molecule has 0 aliphatic carbocycles. The van der Waals surface area contributed by atoms with Crippen LogP contribution in [0.4, 0.5) is 0 Å². The van der Waals surface area contributed by atoms with Gasteiger partial charge in [-0.2, -0.15) is 0 Å². The van der Waals surface area contributed by atoms with E-state index in [0.29, 0.717) is 19.0 Å². The molecule has 0 fully saturated rings. The van der Waals surface area contributed by atoms with E-state index in [1.807, 2.05) is 12.1 Å². The fourth-order valence-electron chi connectivity index (χ4n) is 3.19. The van der Waals surface area contributed by atoms with Gasteiger partial charge in [-0.05, 0) is 42.7 Å². The minimum atomic E-state index is -0.0376. The van der Waals surface area contributed by atoms with E-state index in [9.17, 15) is 4.79 Å². The van der Waals surface area contributed by atoms with Gasteiger partial charge in [0.05, 0.1) is 6.26 Å². The SMILES string of the molecule is Cc1cccc2[nH]cc(CCNC(=NCC(=O)N(C)C)NCCc3ccco3)c12.I. The van der Waals surface area contributed by atoms with Gasteiger partial charge in [-0.3, -0.25) is 4.79 Å². The van der Waals surface area contributed by atoms with Crippen LogP contribution in [-0.2, 0) is 17.6 Å². The number of hydrogen-bond donors (Lipinski definition) is 3. The summed E-state index contributed by atoms with van der Waals surface area (Å²) >= 11 is 0. The van der Waals surface area contributed by atoms with Crippen LogP contribution in [0.2, 0.25) is 0 Å². The van der Waals surface area contributed by atoms with Crippen molar-refractivity contribution in [2.45, 2.75) is 19.8 Å². The molecule has 1 aromatic carbocycles. The maximum absolute atomic E-state index is 11.9. The van der Waals surface area contributed by atoms with Gasteiger partial charge < -0.3 is 24.9 Å². The van der Waals surface area contributed by atoms with E-state index < -0.39 is 0 Å². The summed E-state index contributed by atoms with van der Waals surface area (Å²) in [6, 6.07) is 10.1. The van der Waals surface area contributed by atoms with Crippen molar-refractivity contribution < 1.29 is 9.21 Å². The Morgan fingerprint density at radius 3 is 2.60 bits per heavy atom. The molecule has 7 nitrogen and oxygen atoms in total. The van der Waals surface area contributed by atoms with Gasteiger partial charge in [-0.1, -0.05) is 12.1 Å². The first-order chi connectivity index (χ1) is 14.0. The van der Waals surface area contributed by atoms with Crippen molar-refractivity contribution in [2.24, 2.45) is 4.99 Å². The summed E-state index contributed by atoms with van der Waals surface area (Å²) < 4.78 is 5.36. The van der Waals surface area contributed by atoms with Gasteiger partial charge in [0.25, 0.3) is 0 Å². The van der Waals surface area contributed by atoms with E-state index in [0.717, 1.165) is 24.1 Å². The number of carbonyl (C=O) groups excluding carboxylic acids is 1. The summed E-state index contributed by atoms with van der Waals surface area (Å²) in [5.74, 6) is 1.50. The van der Waals surface area contributed by atoms with Crippen LogP contribution in [0.5, 0.6) is 0 Å². The molecule has 8 heteroatoms.